The molecule has 5 nitrogen and oxygen atoms in total. The quantitative estimate of drug-likeness (QED) is 0.231. The van der Waals surface area contributed by atoms with Gasteiger partial charge < -0.3 is 15.4 Å². The van der Waals surface area contributed by atoms with Gasteiger partial charge in [0.05, 0.1) is 24.2 Å². The number of hydrogen-bond donors (Lipinski definition) is 1. The number of pyridine rings is 1. The topological polar surface area (TPSA) is 68.5 Å². The van der Waals surface area contributed by atoms with E-state index in [0.29, 0.717) is 45.3 Å². The van der Waals surface area contributed by atoms with Crippen molar-refractivity contribution >= 4 is 40.0 Å². The summed E-state index contributed by atoms with van der Waals surface area (Å²) in [6.45, 7) is 12.6. The number of benzene rings is 3. The second-order valence-electron chi connectivity index (χ2n) is 8.94. The minimum Gasteiger partial charge on any atom is -0.494 e. The van der Waals surface area contributed by atoms with Crippen LogP contribution in [0.25, 0.3) is 11.3 Å². The van der Waals surface area contributed by atoms with Crippen LogP contribution in [0.4, 0.5) is 11.4 Å². The average Bonchev–Trinajstić information content (AvgIpc) is 2.93. The first-order valence-corrected chi connectivity index (χ1v) is 12.6. The number of carbonyl (C=O) groups excluding carboxylic acids is 1. The van der Waals surface area contributed by atoms with Crippen molar-refractivity contribution in [2.45, 2.75) is 13.8 Å². The van der Waals surface area contributed by atoms with E-state index in [1.54, 1.807) is 18.3 Å². The molecule has 0 aliphatic rings. The molecule has 3 aromatic carbocycles. The molecule has 1 heterocycles. The lowest BCUT2D eigenvalue weighted by Crippen LogP contribution is -2.10. The van der Waals surface area contributed by atoms with Crippen LogP contribution in [0, 0.1) is 6.92 Å². The summed E-state index contributed by atoms with van der Waals surface area (Å²) in [6.07, 6.45) is 1.80. The van der Waals surface area contributed by atoms with Gasteiger partial charge in [0, 0.05) is 45.7 Å². The van der Waals surface area contributed by atoms with Crippen molar-refractivity contribution in [1.82, 2.24) is 4.98 Å². The van der Waals surface area contributed by atoms with Crippen molar-refractivity contribution in [1.29, 1.82) is 0 Å². The number of rotatable bonds is 9. The molecule has 192 valence electrons. The van der Waals surface area contributed by atoms with E-state index in [2.05, 4.69) is 18.1 Å². The average molecular weight is 524 g/mol. The third kappa shape index (κ3) is 5.63. The van der Waals surface area contributed by atoms with Gasteiger partial charge in [0.2, 0.25) is 0 Å². The van der Waals surface area contributed by atoms with Gasteiger partial charge in [-0.05, 0) is 91.7 Å². The molecule has 0 fully saturated rings. The zero-order valence-electron chi connectivity index (χ0n) is 21.8. The molecule has 0 aliphatic carbocycles. The smallest absolute Gasteiger partial charge is 0.193 e. The van der Waals surface area contributed by atoms with Crippen LogP contribution >= 0.6 is 11.6 Å². The highest BCUT2D eigenvalue weighted by molar-refractivity contribution is 6.30. The monoisotopic (exact) mass is 523 g/mol. The van der Waals surface area contributed by atoms with Gasteiger partial charge in [-0.2, -0.15) is 0 Å². The Labute approximate surface area is 228 Å². The number of aryl methyl sites for hydroxylation is 1. The van der Waals surface area contributed by atoms with E-state index in [1.165, 1.54) is 0 Å². The highest BCUT2D eigenvalue weighted by Crippen LogP contribution is 2.29. The van der Waals surface area contributed by atoms with Gasteiger partial charge in [-0.25, -0.2) is 0 Å². The predicted octanol–water partition coefficient (Wildman–Crippen LogP) is 7.43. The van der Waals surface area contributed by atoms with E-state index in [0.717, 1.165) is 28.3 Å². The van der Waals surface area contributed by atoms with Crippen molar-refractivity contribution in [3.05, 3.63) is 131 Å². The number of ether oxygens (including phenoxy) is 1. The first-order valence-electron chi connectivity index (χ1n) is 12.2. The van der Waals surface area contributed by atoms with Gasteiger partial charge in [-0.3, -0.25) is 9.78 Å². The van der Waals surface area contributed by atoms with E-state index in [1.807, 2.05) is 86.5 Å². The maximum atomic E-state index is 13.4. The molecule has 0 bridgehead atoms. The Hall–Kier alpha value is -4.35. The van der Waals surface area contributed by atoms with Gasteiger partial charge in [0.15, 0.2) is 5.78 Å². The third-order valence-electron chi connectivity index (χ3n) is 6.35. The summed E-state index contributed by atoms with van der Waals surface area (Å²) < 4.78 is 5.60. The standard InChI is InChI=1S/C32H30ClN3O2/c1-6-38-31-16-8-24(17-20(31)2)32(37)28-14-7-23(18-29(28)22(4)34)21(3)30-15-13-27(19-35-30)36(5)26-11-9-25(33)10-12-26/h7-19H,3-4,6,34H2,1-2,5H3. The van der Waals surface area contributed by atoms with Gasteiger partial charge in [0.25, 0.3) is 0 Å². The molecule has 1 aromatic heterocycles. The van der Waals surface area contributed by atoms with Crippen molar-refractivity contribution in [3.63, 3.8) is 0 Å². The van der Waals surface area contributed by atoms with Crippen LogP contribution in [0.1, 0.15) is 45.2 Å². The molecule has 38 heavy (non-hydrogen) atoms. The molecule has 0 radical (unpaired) electrons. The molecule has 0 unspecified atom stereocenters. The van der Waals surface area contributed by atoms with Crippen LogP contribution in [0.15, 0.2) is 92.2 Å². The number of nitrogens with zero attached hydrogens (tertiary/aromatic N) is 2. The lowest BCUT2D eigenvalue weighted by Gasteiger charge is -2.19. The Morgan fingerprint density at radius 2 is 1.63 bits per heavy atom. The second kappa shape index (κ2) is 11.4. The zero-order chi connectivity index (χ0) is 27.4. The lowest BCUT2D eigenvalue weighted by atomic mass is 9.92. The number of ketones is 1. The predicted molar refractivity (Wildman–Crippen MR) is 157 cm³/mol. The van der Waals surface area contributed by atoms with Gasteiger partial charge in [0.1, 0.15) is 5.75 Å². The summed E-state index contributed by atoms with van der Waals surface area (Å²) in [5.74, 6) is 0.625. The maximum Gasteiger partial charge on any atom is 0.193 e. The molecule has 0 atom stereocenters. The van der Waals surface area contributed by atoms with Gasteiger partial charge in [-0.1, -0.05) is 30.8 Å². The van der Waals surface area contributed by atoms with Crippen molar-refractivity contribution in [3.8, 4) is 5.75 Å². The summed E-state index contributed by atoms with van der Waals surface area (Å²) in [5.41, 5.74) is 13.1. The summed E-state index contributed by atoms with van der Waals surface area (Å²) >= 11 is 6.01. The molecule has 0 aliphatic heterocycles. The highest BCUT2D eigenvalue weighted by atomic mass is 35.5. The van der Waals surface area contributed by atoms with Crippen molar-refractivity contribution in [2.75, 3.05) is 18.6 Å². The first-order chi connectivity index (χ1) is 18.2. The Morgan fingerprint density at radius 1 is 0.947 bits per heavy atom. The Bertz CT molecular complexity index is 1510. The molecule has 4 aromatic rings. The highest BCUT2D eigenvalue weighted by Gasteiger charge is 2.18. The van der Waals surface area contributed by atoms with Crippen LogP contribution in [-0.4, -0.2) is 24.4 Å². The number of anilines is 2. The van der Waals surface area contributed by atoms with Crippen LogP contribution < -0.4 is 15.4 Å². The molecule has 0 saturated heterocycles. The summed E-state index contributed by atoms with van der Waals surface area (Å²) in [7, 11) is 1.97. The van der Waals surface area contributed by atoms with E-state index < -0.39 is 0 Å². The Kier molecular flexibility index (Phi) is 7.99. The van der Waals surface area contributed by atoms with E-state index in [4.69, 9.17) is 22.1 Å². The fourth-order valence-electron chi connectivity index (χ4n) is 4.18. The van der Waals surface area contributed by atoms with Crippen LogP contribution in [0.2, 0.25) is 5.02 Å². The summed E-state index contributed by atoms with van der Waals surface area (Å²) in [5, 5.41) is 0.689. The largest absolute Gasteiger partial charge is 0.494 e. The van der Waals surface area contributed by atoms with E-state index in [9.17, 15) is 4.79 Å². The number of halogens is 1. The van der Waals surface area contributed by atoms with Crippen LogP contribution in [-0.2, 0) is 0 Å². The molecular weight excluding hydrogens is 494 g/mol. The fourth-order valence-corrected chi connectivity index (χ4v) is 4.31. The molecule has 6 heteroatoms. The van der Waals surface area contributed by atoms with Gasteiger partial charge in [-0.15, -0.1) is 0 Å². The zero-order valence-corrected chi connectivity index (χ0v) is 22.5. The SMILES string of the molecule is C=C(c1ccc(C(=O)c2ccc(OCC)c(C)c2)c(C(=C)N)c1)c1ccc(N(C)c2ccc(Cl)cc2)cn1. The Morgan fingerprint density at radius 3 is 2.24 bits per heavy atom. The summed E-state index contributed by atoms with van der Waals surface area (Å²) in [4.78, 5) is 20.1. The molecule has 0 amide bonds. The minimum absolute atomic E-state index is 0.136. The maximum absolute atomic E-state index is 13.4. The molecule has 0 saturated carbocycles. The Balaban J connectivity index is 1.59. The normalized spacial score (nSPS) is 10.6. The number of carbonyl (C=O) groups is 1. The fraction of sp³-hybridized carbons (Fsp3) is 0.125. The minimum atomic E-state index is -0.136. The molecular formula is C32H30ClN3O2. The second-order valence-corrected chi connectivity index (χ2v) is 9.38. The van der Waals surface area contributed by atoms with E-state index >= 15 is 0 Å². The van der Waals surface area contributed by atoms with Crippen molar-refractivity contribution in [2.24, 2.45) is 5.73 Å². The molecule has 4 rings (SSSR count). The number of nitrogens with two attached hydrogens (primary N) is 1. The summed E-state index contributed by atoms with van der Waals surface area (Å²) in [6, 6.07) is 22.4. The first kappa shape index (κ1) is 26.7. The molecule has 0 spiro atoms. The van der Waals surface area contributed by atoms with E-state index in [-0.39, 0.29) is 5.78 Å². The van der Waals surface area contributed by atoms with Crippen LogP contribution in [0.3, 0.4) is 0 Å². The van der Waals surface area contributed by atoms with Crippen LogP contribution in [0.5, 0.6) is 5.75 Å². The van der Waals surface area contributed by atoms with Gasteiger partial charge >= 0.3 is 0 Å². The number of aromatic nitrogens is 1. The number of hydrogen-bond acceptors (Lipinski definition) is 5. The lowest BCUT2D eigenvalue weighted by molar-refractivity contribution is 0.103. The van der Waals surface area contributed by atoms with Crippen molar-refractivity contribution < 1.29 is 9.53 Å². The third-order valence-corrected chi connectivity index (χ3v) is 6.61. The molecule has 2 N–H and O–H groups in total.